The normalized spacial score (nSPS) is 14.8. The van der Waals surface area contributed by atoms with Crippen LogP contribution >= 0.6 is 0 Å². The smallest absolute Gasteiger partial charge is 0.236 e. The number of hydrogen-bond acceptors (Lipinski definition) is 5. The highest BCUT2D eigenvalue weighted by molar-refractivity contribution is 5.78. The summed E-state index contributed by atoms with van der Waals surface area (Å²) in [5.41, 5.74) is 0.602. The first-order valence-electron chi connectivity index (χ1n) is 8.34. The van der Waals surface area contributed by atoms with E-state index in [-0.39, 0.29) is 18.3 Å². The van der Waals surface area contributed by atoms with Crippen molar-refractivity contribution >= 4 is 11.7 Å². The maximum atomic E-state index is 13.7. The summed E-state index contributed by atoms with van der Waals surface area (Å²) in [7, 11) is 1.83. The van der Waals surface area contributed by atoms with E-state index in [2.05, 4.69) is 14.9 Å². The third-order valence-corrected chi connectivity index (χ3v) is 4.31. The Morgan fingerprint density at radius 3 is 2.64 bits per heavy atom. The van der Waals surface area contributed by atoms with E-state index in [1.807, 2.05) is 16.8 Å². The zero-order valence-corrected chi connectivity index (χ0v) is 14.3. The Hall–Kier alpha value is -2.54. The van der Waals surface area contributed by atoms with Gasteiger partial charge in [0.2, 0.25) is 5.91 Å². The average Bonchev–Trinajstić information content (AvgIpc) is 2.64. The minimum absolute atomic E-state index is 0.0673. The summed E-state index contributed by atoms with van der Waals surface area (Å²) in [4.78, 5) is 26.7. The van der Waals surface area contributed by atoms with Crippen LogP contribution in [0.4, 0.5) is 10.2 Å². The lowest BCUT2D eigenvalue weighted by Gasteiger charge is -2.35. The first kappa shape index (κ1) is 17.3. The number of likely N-dealkylation sites (N-methyl/N-ethyl adjacent to an activating group) is 1. The number of carbonyl (C=O) groups excluding carboxylic acids is 1. The summed E-state index contributed by atoms with van der Waals surface area (Å²) < 4.78 is 13.7. The Bertz CT molecular complexity index is 704. The molecule has 1 saturated heterocycles. The van der Waals surface area contributed by atoms with Gasteiger partial charge in [0.15, 0.2) is 0 Å². The number of carbonyl (C=O) groups is 1. The van der Waals surface area contributed by atoms with Gasteiger partial charge in [-0.3, -0.25) is 14.7 Å². The second-order valence-corrected chi connectivity index (χ2v) is 6.20. The fraction of sp³-hybridized carbons (Fsp3) is 0.389. The van der Waals surface area contributed by atoms with E-state index in [9.17, 15) is 9.18 Å². The van der Waals surface area contributed by atoms with E-state index in [1.165, 1.54) is 6.07 Å². The average molecular weight is 343 g/mol. The molecule has 1 fully saturated rings. The van der Waals surface area contributed by atoms with Gasteiger partial charge in [-0.1, -0.05) is 18.2 Å². The minimum atomic E-state index is -0.237. The zero-order valence-electron chi connectivity index (χ0n) is 14.3. The Morgan fingerprint density at radius 2 is 1.96 bits per heavy atom. The standard InChI is InChI=1S/C18H22FN5O/c1-22(13-15-4-2-3-5-16(15)19)14-18(25)24-10-8-23(9-11-24)17-12-20-6-7-21-17/h2-7,12H,8-11,13-14H2,1H3. The number of aromatic nitrogens is 2. The van der Waals surface area contributed by atoms with Gasteiger partial charge in [-0.2, -0.15) is 0 Å². The van der Waals surface area contributed by atoms with Gasteiger partial charge >= 0.3 is 0 Å². The van der Waals surface area contributed by atoms with Gasteiger partial charge in [-0.15, -0.1) is 0 Å². The van der Waals surface area contributed by atoms with Crippen LogP contribution in [0.1, 0.15) is 5.56 Å². The SMILES string of the molecule is CN(CC(=O)N1CCN(c2cnccn2)CC1)Cc1ccccc1F. The lowest BCUT2D eigenvalue weighted by Crippen LogP contribution is -2.51. The second-order valence-electron chi connectivity index (χ2n) is 6.20. The zero-order chi connectivity index (χ0) is 17.6. The summed E-state index contributed by atoms with van der Waals surface area (Å²) >= 11 is 0. The van der Waals surface area contributed by atoms with Crippen molar-refractivity contribution in [1.29, 1.82) is 0 Å². The lowest BCUT2D eigenvalue weighted by molar-refractivity contribution is -0.132. The number of anilines is 1. The van der Waals surface area contributed by atoms with Gasteiger partial charge < -0.3 is 9.80 Å². The third-order valence-electron chi connectivity index (χ3n) is 4.31. The van der Waals surface area contributed by atoms with Gasteiger partial charge in [0.1, 0.15) is 11.6 Å². The molecule has 1 aliphatic rings. The van der Waals surface area contributed by atoms with Gasteiger partial charge in [0.05, 0.1) is 12.7 Å². The number of rotatable bonds is 5. The molecule has 132 valence electrons. The molecule has 0 spiro atoms. The van der Waals surface area contributed by atoms with Gasteiger partial charge in [-0.05, 0) is 13.1 Å². The Morgan fingerprint density at radius 1 is 1.20 bits per heavy atom. The highest BCUT2D eigenvalue weighted by atomic mass is 19.1. The molecule has 2 aromatic rings. The minimum Gasteiger partial charge on any atom is -0.352 e. The molecular formula is C18H22FN5O. The van der Waals surface area contributed by atoms with E-state index in [4.69, 9.17) is 0 Å². The van der Waals surface area contributed by atoms with Crippen molar-refractivity contribution in [3.05, 3.63) is 54.2 Å². The molecule has 0 radical (unpaired) electrons. The van der Waals surface area contributed by atoms with Crippen LogP contribution in [-0.2, 0) is 11.3 Å². The Kier molecular flexibility index (Phi) is 5.55. The first-order valence-corrected chi connectivity index (χ1v) is 8.34. The third kappa shape index (κ3) is 4.51. The predicted octanol–water partition coefficient (Wildman–Crippen LogP) is 1.40. The molecule has 0 bridgehead atoms. The van der Waals surface area contributed by atoms with Crippen LogP contribution in [0.3, 0.4) is 0 Å². The number of piperazine rings is 1. The first-order chi connectivity index (χ1) is 12.1. The monoisotopic (exact) mass is 343 g/mol. The van der Waals surface area contributed by atoms with E-state index in [0.29, 0.717) is 25.2 Å². The van der Waals surface area contributed by atoms with Gasteiger partial charge in [0, 0.05) is 50.7 Å². The van der Waals surface area contributed by atoms with E-state index in [1.54, 1.807) is 36.8 Å². The summed E-state index contributed by atoms with van der Waals surface area (Å²) in [6, 6.07) is 6.66. The molecule has 2 heterocycles. The molecule has 1 amide bonds. The quantitative estimate of drug-likeness (QED) is 0.821. The summed E-state index contributed by atoms with van der Waals surface area (Å²) in [5, 5.41) is 0. The van der Waals surface area contributed by atoms with Crippen molar-refractivity contribution in [1.82, 2.24) is 19.8 Å². The van der Waals surface area contributed by atoms with Gasteiger partial charge in [-0.25, -0.2) is 9.37 Å². The maximum absolute atomic E-state index is 13.7. The number of hydrogen-bond donors (Lipinski definition) is 0. The number of halogens is 1. The molecule has 0 saturated carbocycles. The van der Waals surface area contributed by atoms with Crippen LogP contribution in [0, 0.1) is 5.82 Å². The van der Waals surface area contributed by atoms with Crippen molar-refractivity contribution in [2.45, 2.75) is 6.54 Å². The Balaban J connectivity index is 1.48. The van der Waals surface area contributed by atoms with Crippen LogP contribution in [-0.4, -0.2) is 65.4 Å². The molecule has 1 aromatic carbocycles. The highest BCUT2D eigenvalue weighted by Crippen LogP contribution is 2.12. The summed E-state index contributed by atoms with van der Waals surface area (Å²) in [5.74, 6) is 0.670. The molecule has 0 unspecified atom stereocenters. The molecule has 1 aromatic heterocycles. The molecular weight excluding hydrogens is 321 g/mol. The van der Waals surface area contributed by atoms with Crippen LogP contribution in [0.2, 0.25) is 0 Å². The van der Waals surface area contributed by atoms with E-state index >= 15 is 0 Å². The molecule has 1 aliphatic heterocycles. The number of benzene rings is 1. The van der Waals surface area contributed by atoms with Crippen molar-refractivity contribution in [2.24, 2.45) is 0 Å². The van der Waals surface area contributed by atoms with Crippen molar-refractivity contribution in [3.63, 3.8) is 0 Å². The highest BCUT2D eigenvalue weighted by Gasteiger charge is 2.22. The predicted molar refractivity (Wildman–Crippen MR) is 93.6 cm³/mol. The van der Waals surface area contributed by atoms with Crippen LogP contribution in [0.25, 0.3) is 0 Å². The molecule has 3 rings (SSSR count). The fourth-order valence-electron chi connectivity index (χ4n) is 2.94. The molecule has 6 nitrogen and oxygen atoms in total. The molecule has 0 aliphatic carbocycles. The van der Waals surface area contributed by atoms with Crippen molar-refractivity contribution in [2.75, 3.05) is 44.7 Å². The van der Waals surface area contributed by atoms with E-state index in [0.717, 1.165) is 18.9 Å². The van der Waals surface area contributed by atoms with Crippen molar-refractivity contribution < 1.29 is 9.18 Å². The van der Waals surface area contributed by atoms with Crippen LogP contribution < -0.4 is 4.90 Å². The maximum Gasteiger partial charge on any atom is 0.236 e. The number of amides is 1. The topological polar surface area (TPSA) is 52.6 Å². The lowest BCUT2D eigenvalue weighted by atomic mass is 10.2. The van der Waals surface area contributed by atoms with Crippen LogP contribution in [0.5, 0.6) is 0 Å². The molecule has 0 atom stereocenters. The summed E-state index contributed by atoms with van der Waals surface area (Å²) in [6.45, 7) is 3.48. The van der Waals surface area contributed by atoms with E-state index < -0.39 is 0 Å². The molecule has 0 N–H and O–H groups in total. The largest absolute Gasteiger partial charge is 0.352 e. The number of nitrogens with zero attached hydrogens (tertiary/aromatic N) is 5. The fourth-order valence-corrected chi connectivity index (χ4v) is 2.94. The van der Waals surface area contributed by atoms with Gasteiger partial charge in [0.25, 0.3) is 0 Å². The summed E-state index contributed by atoms with van der Waals surface area (Å²) in [6.07, 6.45) is 5.05. The molecule has 7 heteroatoms. The van der Waals surface area contributed by atoms with Crippen LogP contribution in [0.15, 0.2) is 42.9 Å². The van der Waals surface area contributed by atoms with Crippen molar-refractivity contribution in [3.8, 4) is 0 Å². The second kappa shape index (κ2) is 8.02. The molecule has 25 heavy (non-hydrogen) atoms. The Labute approximate surface area is 146 Å².